The first-order chi connectivity index (χ1) is 13.6. The Bertz CT molecular complexity index is 381. The summed E-state index contributed by atoms with van der Waals surface area (Å²) in [5, 5.41) is 19.7. The Kier molecular flexibility index (Phi) is 14.7. The summed E-state index contributed by atoms with van der Waals surface area (Å²) in [4.78, 5) is 11.3. The summed E-state index contributed by atoms with van der Waals surface area (Å²) < 4.78 is 11.8. The molecule has 0 aliphatic carbocycles. The number of rotatable bonds is 17. The summed E-state index contributed by atoms with van der Waals surface area (Å²) in [5.74, 6) is -1.65. The van der Waals surface area contributed by atoms with Gasteiger partial charge in [0.2, 0.25) is 0 Å². The largest absolute Gasteiger partial charge is 0.481 e. The highest BCUT2D eigenvalue weighted by Gasteiger charge is 2.29. The van der Waals surface area contributed by atoms with Gasteiger partial charge in [-0.2, -0.15) is 0 Å². The highest BCUT2D eigenvalue weighted by Crippen LogP contribution is 2.24. The Morgan fingerprint density at radius 2 is 1.68 bits per heavy atom. The maximum Gasteiger partial charge on any atom is 0.309 e. The predicted octanol–water partition coefficient (Wildman–Crippen LogP) is 5.68. The molecule has 1 rings (SSSR count). The van der Waals surface area contributed by atoms with Crippen molar-refractivity contribution >= 4 is 5.97 Å². The molecule has 1 aliphatic rings. The number of hydrogen-bond donors (Lipinski definition) is 2. The van der Waals surface area contributed by atoms with Crippen LogP contribution < -0.4 is 0 Å². The van der Waals surface area contributed by atoms with E-state index in [0.29, 0.717) is 12.8 Å². The minimum Gasteiger partial charge on any atom is -0.481 e. The number of aliphatic carboxylic acids is 1. The zero-order valence-corrected chi connectivity index (χ0v) is 18.2. The van der Waals surface area contributed by atoms with Crippen LogP contribution in [0.4, 0.5) is 0 Å². The van der Waals surface area contributed by atoms with Gasteiger partial charge in [-0.15, -0.1) is 0 Å². The second-order valence-corrected chi connectivity index (χ2v) is 8.33. The fourth-order valence-electron chi connectivity index (χ4n) is 4.00. The van der Waals surface area contributed by atoms with Crippen molar-refractivity contribution in [1.29, 1.82) is 0 Å². The SMILES string of the molecule is CCCCCCCCCCCC(CC(O)C(CC)C(=O)O)OC1CCCCO1. The number of aliphatic hydroxyl groups is 1. The van der Waals surface area contributed by atoms with Crippen LogP contribution in [0.5, 0.6) is 0 Å². The first kappa shape index (κ1) is 25.4. The van der Waals surface area contributed by atoms with Gasteiger partial charge in [0.1, 0.15) is 0 Å². The molecule has 1 fully saturated rings. The molecule has 1 saturated heterocycles. The molecule has 0 aromatic carbocycles. The number of unbranched alkanes of at least 4 members (excludes halogenated alkanes) is 8. The highest BCUT2D eigenvalue weighted by atomic mass is 16.7. The van der Waals surface area contributed by atoms with Crippen LogP contribution >= 0.6 is 0 Å². The molecule has 1 heterocycles. The lowest BCUT2D eigenvalue weighted by molar-refractivity contribution is -0.196. The minimum absolute atomic E-state index is 0.129. The molecule has 0 bridgehead atoms. The second-order valence-electron chi connectivity index (χ2n) is 8.33. The van der Waals surface area contributed by atoms with Crippen molar-refractivity contribution in [2.45, 2.75) is 129 Å². The third-order valence-corrected chi connectivity index (χ3v) is 5.84. The van der Waals surface area contributed by atoms with E-state index in [1.807, 2.05) is 6.92 Å². The van der Waals surface area contributed by atoms with Crippen molar-refractivity contribution in [3.8, 4) is 0 Å². The molecule has 0 radical (unpaired) electrons. The zero-order chi connectivity index (χ0) is 20.6. The lowest BCUT2D eigenvalue weighted by Crippen LogP contribution is -2.35. The van der Waals surface area contributed by atoms with Gasteiger partial charge in [-0.1, -0.05) is 71.6 Å². The van der Waals surface area contributed by atoms with Gasteiger partial charge in [0.15, 0.2) is 6.29 Å². The third kappa shape index (κ3) is 11.4. The van der Waals surface area contributed by atoms with Crippen molar-refractivity contribution in [2.75, 3.05) is 6.61 Å². The topological polar surface area (TPSA) is 76.0 Å². The van der Waals surface area contributed by atoms with Gasteiger partial charge in [0.05, 0.1) is 18.1 Å². The van der Waals surface area contributed by atoms with Crippen molar-refractivity contribution in [3.63, 3.8) is 0 Å². The van der Waals surface area contributed by atoms with Crippen molar-refractivity contribution in [3.05, 3.63) is 0 Å². The van der Waals surface area contributed by atoms with E-state index in [-0.39, 0.29) is 12.4 Å². The minimum atomic E-state index is -0.925. The Morgan fingerprint density at radius 1 is 1.04 bits per heavy atom. The van der Waals surface area contributed by atoms with Gasteiger partial charge in [0.25, 0.3) is 0 Å². The standard InChI is InChI=1S/C23H44O5/c1-3-5-6-7-8-9-10-11-12-15-19(28-22-16-13-14-17-27-22)18-21(24)20(4-2)23(25)26/h19-22,24H,3-18H2,1-2H3,(H,25,26). The van der Waals surface area contributed by atoms with E-state index in [2.05, 4.69) is 6.92 Å². The number of hydrogen-bond acceptors (Lipinski definition) is 4. The van der Waals surface area contributed by atoms with Gasteiger partial charge in [0, 0.05) is 13.0 Å². The molecular formula is C23H44O5. The average molecular weight is 401 g/mol. The van der Waals surface area contributed by atoms with E-state index in [1.165, 1.54) is 51.4 Å². The molecule has 2 N–H and O–H groups in total. The number of aliphatic hydroxyl groups excluding tert-OH is 1. The van der Waals surface area contributed by atoms with Crippen molar-refractivity contribution < 1.29 is 24.5 Å². The summed E-state index contributed by atoms with van der Waals surface area (Å²) in [6.07, 6.45) is 15.0. The summed E-state index contributed by atoms with van der Waals surface area (Å²) in [5.41, 5.74) is 0. The quantitative estimate of drug-likeness (QED) is 0.307. The fourth-order valence-corrected chi connectivity index (χ4v) is 4.00. The summed E-state index contributed by atoms with van der Waals surface area (Å²) in [7, 11) is 0. The van der Waals surface area contributed by atoms with Gasteiger partial charge < -0.3 is 19.7 Å². The van der Waals surface area contributed by atoms with Gasteiger partial charge >= 0.3 is 5.97 Å². The maximum atomic E-state index is 11.3. The molecule has 4 unspecified atom stereocenters. The fraction of sp³-hybridized carbons (Fsp3) is 0.957. The molecule has 0 saturated carbocycles. The van der Waals surface area contributed by atoms with Crippen LogP contribution in [-0.4, -0.2) is 41.3 Å². The molecule has 0 amide bonds. The molecule has 1 aliphatic heterocycles. The molecule has 5 heteroatoms. The van der Waals surface area contributed by atoms with E-state index in [0.717, 1.165) is 38.7 Å². The van der Waals surface area contributed by atoms with E-state index in [9.17, 15) is 15.0 Å². The summed E-state index contributed by atoms with van der Waals surface area (Å²) in [6.45, 7) is 4.78. The van der Waals surface area contributed by atoms with E-state index in [4.69, 9.17) is 9.47 Å². The number of ether oxygens (including phenoxy) is 2. The zero-order valence-electron chi connectivity index (χ0n) is 18.2. The first-order valence-electron chi connectivity index (χ1n) is 11.8. The van der Waals surface area contributed by atoms with Crippen molar-refractivity contribution in [2.24, 2.45) is 5.92 Å². The monoisotopic (exact) mass is 400 g/mol. The Labute approximate surface area is 172 Å². The normalized spacial score (nSPS) is 20.6. The van der Waals surface area contributed by atoms with Crippen LogP contribution in [0, 0.1) is 5.92 Å². The van der Waals surface area contributed by atoms with Gasteiger partial charge in [-0.3, -0.25) is 4.79 Å². The molecular weight excluding hydrogens is 356 g/mol. The average Bonchev–Trinajstić information content (AvgIpc) is 2.67. The predicted molar refractivity (Wildman–Crippen MR) is 112 cm³/mol. The number of carboxylic acid groups (broad SMARTS) is 1. The number of carbonyl (C=O) groups is 1. The van der Waals surface area contributed by atoms with Gasteiger partial charge in [-0.25, -0.2) is 0 Å². The van der Waals surface area contributed by atoms with Crippen molar-refractivity contribution in [1.82, 2.24) is 0 Å². The maximum absolute atomic E-state index is 11.3. The molecule has 0 aromatic heterocycles. The Hall–Kier alpha value is -0.650. The summed E-state index contributed by atoms with van der Waals surface area (Å²) >= 11 is 0. The highest BCUT2D eigenvalue weighted by molar-refractivity contribution is 5.70. The lowest BCUT2D eigenvalue weighted by Gasteiger charge is -2.30. The van der Waals surface area contributed by atoms with Crippen LogP contribution in [0.15, 0.2) is 0 Å². The van der Waals surface area contributed by atoms with Crippen LogP contribution in [-0.2, 0) is 14.3 Å². The number of carboxylic acids is 1. The molecule has 28 heavy (non-hydrogen) atoms. The Balaban J connectivity index is 2.35. The molecule has 5 nitrogen and oxygen atoms in total. The van der Waals surface area contributed by atoms with E-state index >= 15 is 0 Å². The van der Waals surface area contributed by atoms with Crippen LogP contribution in [0.1, 0.15) is 110 Å². The molecule has 0 spiro atoms. The van der Waals surface area contributed by atoms with Crippen LogP contribution in [0.2, 0.25) is 0 Å². The van der Waals surface area contributed by atoms with Gasteiger partial charge in [-0.05, 0) is 32.1 Å². The third-order valence-electron chi connectivity index (χ3n) is 5.84. The van der Waals surface area contributed by atoms with E-state index in [1.54, 1.807) is 0 Å². The molecule has 4 atom stereocenters. The molecule has 0 aromatic rings. The van der Waals surface area contributed by atoms with E-state index < -0.39 is 18.0 Å². The summed E-state index contributed by atoms with van der Waals surface area (Å²) in [6, 6.07) is 0. The molecule has 166 valence electrons. The second kappa shape index (κ2) is 16.2. The van der Waals surface area contributed by atoms with Crippen LogP contribution in [0.25, 0.3) is 0 Å². The first-order valence-corrected chi connectivity index (χ1v) is 11.8. The Morgan fingerprint density at radius 3 is 2.21 bits per heavy atom. The smallest absolute Gasteiger partial charge is 0.309 e. The lowest BCUT2D eigenvalue weighted by atomic mass is 9.93. The van der Waals surface area contributed by atoms with Crippen LogP contribution in [0.3, 0.4) is 0 Å².